The fraction of sp³-hybridized carbons (Fsp3) is 0.500. The van der Waals surface area contributed by atoms with Gasteiger partial charge < -0.3 is 10.2 Å². The number of hydrogen-bond acceptors (Lipinski definition) is 6. The van der Waals surface area contributed by atoms with Gasteiger partial charge in [0.25, 0.3) is 0 Å². The summed E-state index contributed by atoms with van der Waals surface area (Å²) in [4.78, 5) is 11.2. The van der Waals surface area contributed by atoms with Crippen LogP contribution in [0.5, 0.6) is 0 Å². The number of nitrogens with zero attached hydrogens (tertiary/aromatic N) is 5. The van der Waals surface area contributed by atoms with Crippen LogP contribution >= 0.6 is 0 Å². The Bertz CT molecular complexity index is 646. The Morgan fingerprint density at radius 3 is 2.77 bits per heavy atom. The first kappa shape index (κ1) is 13.4. The van der Waals surface area contributed by atoms with Gasteiger partial charge in [0.05, 0.1) is 5.69 Å². The predicted molar refractivity (Wildman–Crippen MR) is 85.0 cm³/mol. The normalized spacial score (nSPS) is 18.1. The summed E-state index contributed by atoms with van der Waals surface area (Å²) in [5.41, 5.74) is 0.956. The molecule has 2 aromatic rings. The summed E-state index contributed by atoms with van der Waals surface area (Å²) < 4.78 is 0. The number of nitrogens with one attached hydrogen (secondary N) is 1. The van der Waals surface area contributed by atoms with Crippen molar-refractivity contribution >= 4 is 11.6 Å². The quantitative estimate of drug-likeness (QED) is 0.910. The molecule has 2 aromatic heterocycles. The van der Waals surface area contributed by atoms with Gasteiger partial charge in [0, 0.05) is 37.7 Å². The fourth-order valence-corrected chi connectivity index (χ4v) is 2.71. The molecule has 1 saturated heterocycles. The van der Waals surface area contributed by atoms with Crippen molar-refractivity contribution < 1.29 is 0 Å². The number of aromatic nitrogens is 4. The Morgan fingerprint density at radius 2 is 2.05 bits per heavy atom. The van der Waals surface area contributed by atoms with E-state index in [2.05, 4.69) is 30.4 Å². The molecule has 0 bridgehead atoms. The third-order valence-corrected chi connectivity index (χ3v) is 4.25. The van der Waals surface area contributed by atoms with Crippen LogP contribution in [0, 0.1) is 12.8 Å². The first-order valence-corrected chi connectivity index (χ1v) is 7.90. The summed E-state index contributed by atoms with van der Waals surface area (Å²) in [7, 11) is 0. The lowest BCUT2D eigenvalue weighted by Gasteiger charge is -2.40. The molecule has 0 radical (unpaired) electrons. The molecular weight excluding hydrogens is 276 g/mol. The predicted octanol–water partition coefficient (Wildman–Crippen LogP) is 2.00. The highest BCUT2D eigenvalue weighted by molar-refractivity contribution is 5.41. The lowest BCUT2D eigenvalue weighted by molar-refractivity contribution is 0.425. The van der Waals surface area contributed by atoms with Crippen LogP contribution in [-0.2, 0) is 0 Å². The monoisotopic (exact) mass is 296 g/mol. The molecule has 0 spiro atoms. The first-order chi connectivity index (χ1) is 10.8. The van der Waals surface area contributed by atoms with E-state index in [1.807, 2.05) is 31.3 Å². The van der Waals surface area contributed by atoms with E-state index in [0.29, 0.717) is 11.8 Å². The molecule has 4 rings (SSSR count). The maximum Gasteiger partial charge on any atom is 0.151 e. The second-order valence-corrected chi connectivity index (χ2v) is 6.26. The molecule has 2 aliphatic rings. The Balaban J connectivity index is 1.27. The second-order valence-electron chi connectivity index (χ2n) is 6.26. The summed E-state index contributed by atoms with van der Waals surface area (Å²) in [6.07, 6.45) is 4.33. The largest absolute Gasteiger partial charge is 0.370 e. The van der Waals surface area contributed by atoms with E-state index < -0.39 is 0 Å². The Kier molecular flexibility index (Phi) is 3.36. The molecule has 0 aromatic carbocycles. The number of rotatable bonds is 5. The summed E-state index contributed by atoms with van der Waals surface area (Å²) in [5, 5.41) is 11.8. The maximum absolute atomic E-state index is 4.59. The van der Waals surface area contributed by atoms with Crippen LogP contribution in [0.15, 0.2) is 24.4 Å². The lowest BCUT2D eigenvalue weighted by atomic mass is 10.0. The highest BCUT2D eigenvalue weighted by Crippen LogP contribution is 2.38. The molecule has 1 aliphatic heterocycles. The van der Waals surface area contributed by atoms with Gasteiger partial charge in [-0.1, -0.05) is 0 Å². The van der Waals surface area contributed by atoms with Crippen molar-refractivity contribution in [2.75, 3.05) is 29.9 Å². The van der Waals surface area contributed by atoms with E-state index in [4.69, 9.17) is 0 Å². The molecule has 114 valence electrons. The van der Waals surface area contributed by atoms with Gasteiger partial charge in [-0.15, -0.1) is 5.10 Å². The zero-order valence-electron chi connectivity index (χ0n) is 12.7. The van der Waals surface area contributed by atoms with Crippen molar-refractivity contribution in [1.29, 1.82) is 0 Å². The summed E-state index contributed by atoms with van der Waals surface area (Å²) in [5.74, 6) is 4.14. The minimum absolute atomic E-state index is 0.598. The Morgan fingerprint density at radius 1 is 1.18 bits per heavy atom. The van der Waals surface area contributed by atoms with Crippen LogP contribution in [0.2, 0.25) is 0 Å². The van der Waals surface area contributed by atoms with E-state index in [1.165, 1.54) is 12.8 Å². The number of hydrogen-bond donors (Lipinski definition) is 1. The van der Waals surface area contributed by atoms with Gasteiger partial charge >= 0.3 is 0 Å². The number of aryl methyl sites for hydroxylation is 1. The summed E-state index contributed by atoms with van der Waals surface area (Å²) in [6, 6.07) is 6.00. The SMILES string of the molecule is Cc1ccc(N2CC(CNc3ccnc(C4CC4)n3)C2)nn1. The van der Waals surface area contributed by atoms with Crippen molar-refractivity contribution in [1.82, 2.24) is 20.2 Å². The lowest BCUT2D eigenvalue weighted by Crippen LogP contribution is -2.50. The highest BCUT2D eigenvalue weighted by Gasteiger charge is 2.28. The average Bonchev–Trinajstić information content (AvgIpc) is 3.32. The van der Waals surface area contributed by atoms with E-state index in [-0.39, 0.29) is 0 Å². The van der Waals surface area contributed by atoms with Gasteiger partial charge in [-0.3, -0.25) is 0 Å². The van der Waals surface area contributed by atoms with Gasteiger partial charge in [0.1, 0.15) is 11.6 Å². The van der Waals surface area contributed by atoms with Crippen LogP contribution in [0.3, 0.4) is 0 Å². The minimum atomic E-state index is 0.598. The molecule has 0 atom stereocenters. The molecular formula is C16H20N6. The molecule has 0 unspecified atom stereocenters. The van der Waals surface area contributed by atoms with Gasteiger partial charge in [-0.05, 0) is 38.0 Å². The van der Waals surface area contributed by atoms with Crippen LogP contribution in [-0.4, -0.2) is 39.8 Å². The van der Waals surface area contributed by atoms with Crippen molar-refractivity contribution in [2.24, 2.45) is 5.92 Å². The zero-order chi connectivity index (χ0) is 14.9. The Hall–Kier alpha value is -2.24. The smallest absolute Gasteiger partial charge is 0.151 e. The van der Waals surface area contributed by atoms with Crippen molar-refractivity contribution in [3.8, 4) is 0 Å². The second kappa shape index (κ2) is 5.51. The molecule has 0 amide bonds. The van der Waals surface area contributed by atoms with Gasteiger partial charge in [-0.25, -0.2) is 9.97 Å². The standard InChI is InChI=1S/C16H20N6/c1-11-2-5-15(21-20-11)22-9-12(10-22)8-18-14-6-7-17-16(19-14)13-3-4-13/h2,5-7,12-13H,3-4,8-10H2,1H3,(H,17,18,19). The molecule has 1 N–H and O–H groups in total. The number of anilines is 2. The summed E-state index contributed by atoms with van der Waals surface area (Å²) >= 11 is 0. The highest BCUT2D eigenvalue weighted by atomic mass is 15.3. The minimum Gasteiger partial charge on any atom is -0.370 e. The Labute approximate surface area is 130 Å². The van der Waals surface area contributed by atoms with E-state index in [1.54, 1.807) is 0 Å². The molecule has 2 fully saturated rings. The topological polar surface area (TPSA) is 66.8 Å². The molecule has 6 heteroatoms. The van der Waals surface area contributed by atoms with Gasteiger partial charge in [0.15, 0.2) is 5.82 Å². The molecule has 22 heavy (non-hydrogen) atoms. The molecule has 6 nitrogen and oxygen atoms in total. The molecule has 3 heterocycles. The van der Waals surface area contributed by atoms with Crippen molar-refractivity contribution in [2.45, 2.75) is 25.7 Å². The van der Waals surface area contributed by atoms with Crippen molar-refractivity contribution in [3.05, 3.63) is 35.9 Å². The van der Waals surface area contributed by atoms with Crippen molar-refractivity contribution in [3.63, 3.8) is 0 Å². The van der Waals surface area contributed by atoms with Crippen LogP contribution in [0.1, 0.15) is 30.3 Å². The third-order valence-electron chi connectivity index (χ3n) is 4.25. The van der Waals surface area contributed by atoms with Gasteiger partial charge in [0.2, 0.25) is 0 Å². The molecule has 1 saturated carbocycles. The van der Waals surface area contributed by atoms with E-state index in [0.717, 1.165) is 42.8 Å². The van der Waals surface area contributed by atoms with Gasteiger partial charge in [-0.2, -0.15) is 5.10 Å². The average molecular weight is 296 g/mol. The zero-order valence-corrected chi connectivity index (χ0v) is 12.7. The van der Waals surface area contributed by atoms with E-state index in [9.17, 15) is 0 Å². The maximum atomic E-state index is 4.59. The van der Waals surface area contributed by atoms with Crippen LogP contribution < -0.4 is 10.2 Å². The summed E-state index contributed by atoms with van der Waals surface area (Å²) in [6.45, 7) is 4.94. The van der Waals surface area contributed by atoms with Crippen LogP contribution in [0.25, 0.3) is 0 Å². The van der Waals surface area contributed by atoms with E-state index >= 15 is 0 Å². The first-order valence-electron chi connectivity index (χ1n) is 7.90. The van der Waals surface area contributed by atoms with Crippen LogP contribution in [0.4, 0.5) is 11.6 Å². The molecule has 1 aliphatic carbocycles. The third kappa shape index (κ3) is 2.86. The fourth-order valence-electron chi connectivity index (χ4n) is 2.71.